The van der Waals surface area contributed by atoms with Gasteiger partial charge in [0.1, 0.15) is 0 Å². The SMILES string of the molecule is CCNc1c2c(nc3c(Br)cccc13)CCC2. The number of pyridine rings is 1. The second-order valence-corrected chi connectivity index (χ2v) is 5.29. The van der Waals surface area contributed by atoms with Crippen LogP contribution in [0.3, 0.4) is 0 Å². The Bertz CT molecular complexity index is 578. The van der Waals surface area contributed by atoms with Crippen LogP contribution in [-0.4, -0.2) is 11.5 Å². The van der Waals surface area contributed by atoms with Gasteiger partial charge in [0, 0.05) is 27.8 Å². The molecule has 0 aliphatic heterocycles. The first-order chi connectivity index (χ1) is 8.31. The lowest BCUT2D eigenvalue weighted by Gasteiger charge is -2.14. The van der Waals surface area contributed by atoms with E-state index in [1.807, 2.05) is 0 Å². The fourth-order valence-corrected chi connectivity index (χ4v) is 3.08. The molecule has 3 rings (SSSR count). The summed E-state index contributed by atoms with van der Waals surface area (Å²) in [6.45, 7) is 3.10. The Morgan fingerprint density at radius 1 is 1.35 bits per heavy atom. The van der Waals surface area contributed by atoms with Gasteiger partial charge >= 0.3 is 0 Å². The van der Waals surface area contributed by atoms with E-state index in [2.05, 4.69) is 46.4 Å². The Labute approximate surface area is 110 Å². The van der Waals surface area contributed by atoms with Gasteiger partial charge in [-0.25, -0.2) is 0 Å². The van der Waals surface area contributed by atoms with E-state index in [0.717, 1.165) is 29.4 Å². The number of para-hydroxylation sites is 1. The second-order valence-electron chi connectivity index (χ2n) is 4.43. The summed E-state index contributed by atoms with van der Waals surface area (Å²) in [6, 6.07) is 6.30. The maximum Gasteiger partial charge on any atom is 0.0868 e. The highest BCUT2D eigenvalue weighted by Crippen LogP contribution is 2.36. The molecule has 3 heteroatoms. The predicted octanol–water partition coefficient (Wildman–Crippen LogP) is 3.92. The first kappa shape index (κ1) is 11.0. The average Bonchev–Trinajstić information content (AvgIpc) is 2.78. The van der Waals surface area contributed by atoms with Gasteiger partial charge < -0.3 is 5.32 Å². The highest BCUT2D eigenvalue weighted by atomic mass is 79.9. The lowest BCUT2D eigenvalue weighted by molar-refractivity contribution is 0.901. The van der Waals surface area contributed by atoms with Crippen LogP contribution in [0.1, 0.15) is 24.6 Å². The number of rotatable bonds is 2. The number of anilines is 1. The van der Waals surface area contributed by atoms with Crippen LogP contribution in [-0.2, 0) is 12.8 Å². The monoisotopic (exact) mass is 290 g/mol. The van der Waals surface area contributed by atoms with Gasteiger partial charge in [0.15, 0.2) is 0 Å². The molecule has 1 heterocycles. The summed E-state index contributed by atoms with van der Waals surface area (Å²) >= 11 is 3.60. The van der Waals surface area contributed by atoms with Crippen molar-refractivity contribution < 1.29 is 0 Å². The third kappa shape index (κ3) is 1.73. The van der Waals surface area contributed by atoms with Crippen molar-refractivity contribution in [2.24, 2.45) is 0 Å². The zero-order chi connectivity index (χ0) is 11.8. The number of aryl methyl sites for hydroxylation is 1. The number of hydrogen-bond donors (Lipinski definition) is 1. The largest absolute Gasteiger partial charge is 0.384 e. The molecule has 0 bridgehead atoms. The molecule has 1 aromatic carbocycles. The van der Waals surface area contributed by atoms with Gasteiger partial charge in [-0.2, -0.15) is 0 Å². The lowest BCUT2D eigenvalue weighted by Crippen LogP contribution is -2.03. The third-order valence-electron chi connectivity index (χ3n) is 3.35. The summed E-state index contributed by atoms with van der Waals surface area (Å²) in [4.78, 5) is 4.81. The Kier molecular flexibility index (Phi) is 2.79. The Morgan fingerprint density at radius 3 is 3.06 bits per heavy atom. The smallest absolute Gasteiger partial charge is 0.0868 e. The summed E-state index contributed by atoms with van der Waals surface area (Å²) in [6.07, 6.45) is 3.51. The zero-order valence-corrected chi connectivity index (χ0v) is 11.5. The van der Waals surface area contributed by atoms with Crippen molar-refractivity contribution >= 4 is 32.5 Å². The van der Waals surface area contributed by atoms with Gasteiger partial charge in [0.2, 0.25) is 0 Å². The van der Waals surface area contributed by atoms with Crippen molar-refractivity contribution in [3.63, 3.8) is 0 Å². The summed E-state index contributed by atoms with van der Waals surface area (Å²) in [5, 5.41) is 4.76. The van der Waals surface area contributed by atoms with E-state index < -0.39 is 0 Å². The topological polar surface area (TPSA) is 24.9 Å². The van der Waals surface area contributed by atoms with E-state index in [9.17, 15) is 0 Å². The minimum Gasteiger partial charge on any atom is -0.384 e. The van der Waals surface area contributed by atoms with E-state index in [-0.39, 0.29) is 0 Å². The van der Waals surface area contributed by atoms with Crippen molar-refractivity contribution in [3.05, 3.63) is 33.9 Å². The van der Waals surface area contributed by atoms with Crippen LogP contribution in [0.2, 0.25) is 0 Å². The fourth-order valence-electron chi connectivity index (χ4n) is 2.63. The maximum atomic E-state index is 4.81. The van der Waals surface area contributed by atoms with Gasteiger partial charge in [0.25, 0.3) is 0 Å². The van der Waals surface area contributed by atoms with E-state index in [1.54, 1.807) is 0 Å². The highest BCUT2D eigenvalue weighted by molar-refractivity contribution is 9.10. The van der Waals surface area contributed by atoms with Crippen molar-refractivity contribution in [3.8, 4) is 0 Å². The lowest BCUT2D eigenvalue weighted by atomic mass is 10.1. The molecular formula is C14H15BrN2. The van der Waals surface area contributed by atoms with Crippen LogP contribution in [0.5, 0.6) is 0 Å². The molecule has 1 aliphatic carbocycles. The van der Waals surface area contributed by atoms with Crippen LogP contribution >= 0.6 is 15.9 Å². The van der Waals surface area contributed by atoms with Crippen LogP contribution < -0.4 is 5.32 Å². The number of fused-ring (bicyclic) bond motifs is 2. The van der Waals surface area contributed by atoms with E-state index in [0.29, 0.717) is 0 Å². The molecule has 88 valence electrons. The molecule has 0 unspecified atom stereocenters. The molecule has 1 aromatic heterocycles. The molecular weight excluding hydrogens is 276 g/mol. The molecule has 0 radical (unpaired) electrons. The quantitative estimate of drug-likeness (QED) is 0.907. The number of nitrogens with one attached hydrogen (secondary N) is 1. The number of aromatic nitrogens is 1. The molecule has 0 saturated heterocycles. The zero-order valence-electron chi connectivity index (χ0n) is 9.89. The van der Waals surface area contributed by atoms with Crippen molar-refractivity contribution in [2.75, 3.05) is 11.9 Å². The predicted molar refractivity (Wildman–Crippen MR) is 75.6 cm³/mol. The fraction of sp³-hybridized carbons (Fsp3) is 0.357. The summed E-state index contributed by atoms with van der Waals surface area (Å²) in [7, 11) is 0. The standard InChI is InChI=1S/C14H15BrN2/c1-2-16-13-9-5-4-8-12(9)17-14-10(13)6-3-7-11(14)15/h3,6-7H,2,4-5,8H2,1H3,(H,16,17). The van der Waals surface area contributed by atoms with Crippen LogP contribution in [0, 0.1) is 0 Å². The van der Waals surface area contributed by atoms with Gasteiger partial charge in [-0.3, -0.25) is 4.98 Å². The van der Waals surface area contributed by atoms with Gasteiger partial charge in [-0.1, -0.05) is 12.1 Å². The first-order valence-electron chi connectivity index (χ1n) is 6.15. The number of benzene rings is 1. The van der Waals surface area contributed by atoms with E-state index in [4.69, 9.17) is 4.98 Å². The Morgan fingerprint density at radius 2 is 2.24 bits per heavy atom. The molecule has 17 heavy (non-hydrogen) atoms. The molecule has 0 spiro atoms. The van der Waals surface area contributed by atoms with Crippen molar-refractivity contribution in [2.45, 2.75) is 26.2 Å². The number of hydrogen-bond acceptors (Lipinski definition) is 2. The molecule has 2 nitrogen and oxygen atoms in total. The minimum absolute atomic E-state index is 0.956. The molecule has 0 fully saturated rings. The minimum atomic E-state index is 0.956. The van der Waals surface area contributed by atoms with E-state index in [1.165, 1.54) is 28.8 Å². The molecule has 0 atom stereocenters. The average molecular weight is 291 g/mol. The van der Waals surface area contributed by atoms with Crippen LogP contribution in [0.25, 0.3) is 10.9 Å². The van der Waals surface area contributed by atoms with Crippen molar-refractivity contribution in [1.82, 2.24) is 4.98 Å². The number of halogens is 1. The normalized spacial score (nSPS) is 14.0. The van der Waals surface area contributed by atoms with E-state index >= 15 is 0 Å². The van der Waals surface area contributed by atoms with Gasteiger partial charge in [0.05, 0.1) is 5.52 Å². The van der Waals surface area contributed by atoms with Crippen LogP contribution in [0.4, 0.5) is 5.69 Å². The second kappa shape index (κ2) is 4.30. The maximum absolute atomic E-state index is 4.81. The Hall–Kier alpha value is -1.09. The van der Waals surface area contributed by atoms with Gasteiger partial charge in [-0.15, -0.1) is 0 Å². The number of nitrogens with zero attached hydrogens (tertiary/aromatic N) is 1. The molecule has 1 N–H and O–H groups in total. The molecule has 0 saturated carbocycles. The summed E-state index contributed by atoms with van der Waals surface area (Å²) in [5.74, 6) is 0. The molecule has 0 amide bonds. The third-order valence-corrected chi connectivity index (χ3v) is 3.99. The summed E-state index contributed by atoms with van der Waals surface area (Å²) < 4.78 is 1.09. The van der Waals surface area contributed by atoms with Crippen molar-refractivity contribution in [1.29, 1.82) is 0 Å². The first-order valence-corrected chi connectivity index (χ1v) is 6.94. The van der Waals surface area contributed by atoms with Crippen LogP contribution in [0.15, 0.2) is 22.7 Å². The molecule has 1 aliphatic rings. The summed E-state index contributed by atoms with van der Waals surface area (Å²) in [5.41, 5.74) is 5.09. The Balaban J connectivity index is 2.36. The molecule has 2 aromatic rings. The highest BCUT2D eigenvalue weighted by Gasteiger charge is 2.19. The van der Waals surface area contributed by atoms with Gasteiger partial charge in [-0.05, 0) is 53.7 Å².